The molecule has 2 heterocycles. The third-order valence-electron chi connectivity index (χ3n) is 4.06. The third-order valence-corrected chi connectivity index (χ3v) is 5.06. The molecule has 8 heteroatoms. The van der Waals surface area contributed by atoms with Crippen molar-refractivity contribution < 1.29 is 17.4 Å². The molecule has 2 aromatic heterocycles. The van der Waals surface area contributed by atoms with Crippen molar-refractivity contribution in [3.63, 3.8) is 0 Å². The van der Waals surface area contributed by atoms with Crippen LogP contribution in [0.3, 0.4) is 0 Å². The predicted molar refractivity (Wildman–Crippen MR) is 109 cm³/mol. The summed E-state index contributed by atoms with van der Waals surface area (Å²) in [4.78, 5) is 4.30. The highest BCUT2D eigenvalue weighted by molar-refractivity contribution is 7.95. The van der Waals surface area contributed by atoms with Crippen LogP contribution in [0.5, 0.6) is 0 Å². The number of furan rings is 1. The summed E-state index contributed by atoms with van der Waals surface area (Å²) in [5.74, 6) is 1.19. The number of rotatable bonds is 7. The van der Waals surface area contributed by atoms with Gasteiger partial charge in [-0.3, -0.25) is 4.72 Å². The number of anilines is 1. The molecule has 0 aliphatic rings. The second-order valence-electron chi connectivity index (χ2n) is 6.18. The van der Waals surface area contributed by atoms with Crippen molar-refractivity contribution in [2.45, 2.75) is 6.42 Å². The molecule has 0 saturated heterocycles. The second-order valence-corrected chi connectivity index (χ2v) is 7.75. The van der Waals surface area contributed by atoms with Gasteiger partial charge in [-0.1, -0.05) is 53.7 Å². The van der Waals surface area contributed by atoms with Gasteiger partial charge in [-0.25, -0.2) is 8.42 Å². The van der Waals surface area contributed by atoms with Crippen molar-refractivity contribution in [1.82, 2.24) is 10.1 Å². The lowest BCUT2D eigenvalue weighted by molar-refractivity contribution is 0.384. The van der Waals surface area contributed by atoms with Crippen molar-refractivity contribution in [3.05, 3.63) is 95.4 Å². The number of sulfonamides is 1. The molecule has 0 fully saturated rings. The Morgan fingerprint density at radius 1 is 0.966 bits per heavy atom. The summed E-state index contributed by atoms with van der Waals surface area (Å²) in [7, 11) is -3.69. The van der Waals surface area contributed by atoms with Crippen molar-refractivity contribution in [1.29, 1.82) is 0 Å². The Balaban J connectivity index is 1.52. The zero-order valence-corrected chi connectivity index (χ0v) is 16.0. The largest absolute Gasteiger partial charge is 0.461 e. The molecule has 0 aliphatic heterocycles. The van der Waals surface area contributed by atoms with Crippen LogP contribution in [0.4, 0.5) is 5.69 Å². The van der Waals surface area contributed by atoms with Gasteiger partial charge in [0.05, 0.1) is 23.8 Å². The van der Waals surface area contributed by atoms with E-state index in [1.54, 1.807) is 36.4 Å². The van der Waals surface area contributed by atoms with E-state index in [9.17, 15) is 8.42 Å². The lowest BCUT2D eigenvalue weighted by Crippen LogP contribution is -2.10. The number of nitrogens with one attached hydrogen (secondary N) is 1. The fourth-order valence-corrected chi connectivity index (χ4v) is 3.60. The van der Waals surface area contributed by atoms with E-state index in [-0.39, 0.29) is 6.42 Å². The molecule has 0 radical (unpaired) electrons. The van der Waals surface area contributed by atoms with Gasteiger partial charge in [0, 0.05) is 0 Å². The molecular weight excluding hydrogens is 390 g/mol. The quantitative estimate of drug-likeness (QED) is 0.489. The molecular formula is C21H17N3O4S. The Hall–Kier alpha value is -3.65. The number of hydrogen-bond donors (Lipinski definition) is 1. The summed E-state index contributed by atoms with van der Waals surface area (Å²) in [5.41, 5.74) is 1.95. The highest BCUT2D eigenvalue weighted by Crippen LogP contribution is 2.22. The molecule has 29 heavy (non-hydrogen) atoms. The normalized spacial score (nSPS) is 11.7. The number of aromatic nitrogens is 2. The minimum absolute atomic E-state index is 0.273. The molecule has 0 amide bonds. The first-order valence-corrected chi connectivity index (χ1v) is 10.3. The van der Waals surface area contributed by atoms with E-state index in [0.29, 0.717) is 28.7 Å². The maximum Gasteiger partial charge on any atom is 0.255 e. The first kappa shape index (κ1) is 18.7. The van der Waals surface area contributed by atoms with Crippen molar-refractivity contribution in [2.75, 3.05) is 4.72 Å². The lowest BCUT2D eigenvalue weighted by Gasteiger charge is -2.09. The van der Waals surface area contributed by atoms with Crippen molar-refractivity contribution in [3.8, 4) is 11.6 Å². The van der Waals surface area contributed by atoms with Crippen LogP contribution in [-0.4, -0.2) is 18.6 Å². The highest BCUT2D eigenvalue weighted by Gasteiger charge is 2.15. The van der Waals surface area contributed by atoms with E-state index in [1.165, 1.54) is 6.26 Å². The summed E-state index contributed by atoms with van der Waals surface area (Å²) in [6.45, 7) is 0. The first-order chi connectivity index (χ1) is 14.1. The maximum atomic E-state index is 12.5. The van der Waals surface area contributed by atoms with E-state index in [2.05, 4.69) is 14.9 Å². The number of benzene rings is 2. The molecule has 0 saturated carbocycles. The third kappa shape index (κ3) is 4.80. The molecule has 1 N–H and O–H groups in total. The highest BCUT2D eigenvalue weighted by atomic mass is 32.2. The minimum atomic E-state index is -3.69. The van der Waals surface area contributed by atoms with Gasteiger partial charge in [0.25, 0.3) is 10.0 Å². The number of nitrogens with zero attached hydrogens (tertiary/aromatic N) is 2. The molecule has 0 spiro atoms. The van der Waals surface area contributed by atoms with Gasteiger partial charge in [-0.2, -0.15) is 4.98 Å². The molecule has 4 rings (SSSR count). The summed E-state index contributed by atoms with van der Waals surface area (Å²) >= 11 is 0. The van der Waals surface area contributed by atoms with Crippen LogP contribution in [0.15, 0.2) is 87.3 Å². The van der Waals surface area contributed by atoms with Crippen molar-refractivity contribution >= 4 is 21.8 Å². The summed E-state index contributed by atoms with van der Waals surface area (Å²) < 4.78 is 38.1. The topological polar surface area (TPSA) is 98.2 Å². The predicted octanol–water partition coefficient (Wildman–Crippen LogP) is 4.33. The Morgan fingerprint density at radius 2 is 1.76 bits per heavy atom. The van der Waals surface area contributed by atoms with E-state index >= 15 is 0 Å². The molecule has 146 valence electrons. The molecule has 4 aromatic rings. The molecule has 7 nitrogen and oxygen atoms in total. The SMILES string of the molecule is O=S(=O)(/C=C/c1ccccc1)Nc1ccccc1Cc1nc(-c2ccco2)no1. The van der Waals surface area contributed by atoms with Gasteiger partial charge in [0.1, 0.15) is 0 Å². The molecule has 2 aromatic carbocycles. The van der Waals surface area contributed by atoms with Crippen LogP contribution in [0.1, 0.15) is 17.0 Å². The van der Waals surface area contributed by atoms with Gasteiger partial charge in [0.2, 0.25) is 11.7 Å². The van der Waals surface area contributed by atoms with Gasteiger partial charge >= 0.3 is 0 Å². The van der Waals surface area contributed by atoms with Gasteiger partial charge < -0.3 is 8.94 Å². The van der Waals surface area contributed by atoms with E-state index in [4.69, 9.17) is 8.94 Å². The average molecular weight is 407 g/mol. The van der Waals surface area contributed by atoms with Gasteiger partial charge in [0.15, 0.2) is 5.76 Å². The Morgan fingerprint density at radius 3 is 2.55 bits per heavy atom. The van der Waals surface area contributed by atoms with Crippen molar-refractivity contribution in [2.24, 2.45) is 0 Å². The maximum absolute atomic E-state index is 12.5. The molecule has 0 unspecified atom stereocenters. The molecule has 0 bridgehead atoms. The standard InChI is InChI=1S/C21H17N3O4S/c25-29(26,14-12-16-7-2-1-3-8-16)24-18-10-5-4-9-17(18)15-20-22-21(23-28-20)19-11-6-13-27-19/h1-14,24H,15H2/b14-12+. The van der Waals surface area contributed by atoms with E-state index in [0.717, 1.165) is 11.0 Å². The Labute approximate surface area is 167 Å². The lowest BCUT2D eigenvalue weighted by atomic mass is 10.1. The van der Waals surface area contributed by atoms with E-state index in [1.807, 2.05) is 36.4 Å². The van der Waals surface area contributed by atoms with Crippen LogP contribution < -0.4 is 4.72 Å². The molecule has 0 aliphatic carbocycles. The zero-order valence-electron chi connectivity index (χ0n) is 15.2. The second kappa shape index (κ2) is 8.15. The number of para-hydroxylation sites is 1. The zero-order chi connectivity index (χ0) is 20.1. The smallest absolute Gasteiger partial charge is 0.255 e. The fraction of sp³-hybridized carbons (Fsp3) is 0.0476. The number of hydrogen-bond acceptors (Lipinski definition) is 6. The molecule has 0 atom stereocenters. The summed E-state index contributed by atoms with van der Waals surface area (Å²) in [5, 5.41) is 5.03. The van der Waals surface area contributed by atoms with Crippen LogP contribution in [0, 0.1) is 0 Å². The van der Waals surface area contributed by atoms with E-state index < -0.39 is 10.0 Å². The monoisotopic (exact) mass is 407 g/mol. The Bertz CT molecular complexity index is 1210. The average Bonchev–Trinajstić information content (AvgIpc) is 3.41. The summed E-state index contributed by atoms with van der Waals surface area (Å²) in [6, 6.07) is 19.7. The Kier molecular flexibility index (Phi) is 5.26. The van der Waals surface area contributed by atoms with Crippen LogP contribution in [0.25, 0.3) is 17.7 Å². The van der Waals surface area contributed by atoms with Crippen LogP contribution >= 0.6 is 0 Å². The fourth-order valence-electron chi connectivity index (χ4n) is 2.69. The first-order valence-electron chi connectivity index (χ1n) is 8.79. The van der Waals surface area contributed by atoms with Crippen LogP contribution in [0.2, 0.25) is 0 Å². The van der Waals surface area contributed by atoms with Gasteiger partial charge in [-0.15, -0.1) is 0 Å². The van der Waals surface area contributed by atoms with Crippen LogP contribution in [-0.2, 0) is 16.4 Å². The van der Waals surface area contributed by atoms with Gasteiger partial charge in [-0.05, 0) is 35.4 Å². The minimum Gasteiger partial charge on any atom is -0.461 e. The summed E-state index contributed by atoms with van der Waals surface area (Å²) in [6.07, 6.45) is 3.34.